The third-order valence-electron chi connectivity index (χ3n) is 2.25. The number of pyridine rings is 1. The van der Waals surface area contributed by atoms with Crippen molar-refractivity contribution in [3.8, 4) is 0 Å². The second kappa shape index (κ2) is 5.55. The number of aryl methyl sites for hydroxylation is 1. The highest BCUT2D eigenvalue weighted by Crippen LogP contribution is 2.16. The predicted octanol–water partition coefficient (Wildman–Crippen LogP) is 2.62. The van der Waals surface area contributed by atoms with E-state index in [1.54, 1.807) is 0 Å². The Morgan fingerprint density at radius 2 is 2.43 bits per heavy atom. The van der Waals surface area contributed by atoms with Crippen LogP contribution in [0.15, 0.2) is 31.1 Å². The van der Waals surface area contributed by atoms with Crippen molar-refractivity contribution in [3.63, 3.8) is 0 Å². The molecule has 1 rings (SSSR count). The van der Waals surface area contributed by atoms with Crippen molar-refractivity contribution in [1.29, 1.82) is 0 Å². The first-order valence-corrected chi connectivity index (χ1v) is 5.06. The van der Waals surface area contributed by atoms with Crippen molar-refractivity contribution >= 4 is 0 Å². The summed E-state index contributed by atoms with van der Waals surface area (Å²) in [4.78, 5) is 4.08. The zero-order chi connectivity index (χ0) is 10.4. The fraction of sp³-hybridized carbons (Fsp3) is 0.417. The molecule has 0 amide bonds. The van der Waals surface area contributed by atoms with Crippen LogP contribution in [0.2, 0.25) is 0 Å². The van der Waals surface area contributed by atoms with Crippen molar-refractivity contribution in [2.45, 2.75) is 26.3 Å². The maximum atomic E-state index is 4.08. The van der Waals surface area contributed by atoms with Gasteiger partial charge in [-0.15, -0.1) is 6.58 Å². The first-order chi connectivity index (χ1) is 6.79. The van der Waals surface area contributed by atoms with Crippen LogP contribution >= 0.6 is 0 Å². The Bertz CT molecular complexity index is 294. The van der Waals surface area contributed by atoms with E-state index >= 15 is 0 Å². The quantitative estimate of drug-likeness (QED) is 0.722. The monoisotopic (exact) mass is 190 g/mol. The van der Waals surface area contributed by atoms with Crippen LogP contribution in [-0.4, -0.2) is 11.5 Å². The summed E-state index contributed by atoms with van der Waals surface area (Å²) in [5.74, 6) is 0. The SMILES string of the molecule is C=CC(NCCC)c1ccncc1C. The Morgan fingerprint density at radius 1 is 1.64 bits per heavy atom. The van der Waals surface area contributed by atoms with E-state index in [-0.39, 0.29) is 6.04 Å². The number of rotatable bonds is 5. The molecule has 0 aliphatic heterocycles. The van der Waals surface area contributed by atoms with Gasteiger partial charge in [-0.25, -0.2) is 0 Å². The Kier molecular flexibility index (Phi) is 4.33. The summed E-state index contributed by atoms with van der Waals surface area (Å²) in [5.41, 5.74) is 2.48. The molecular weight excluding hydrogens is 172 g/mol. The number of nitrogens with zero attached hydrogens (tertiary/aromatic N) is 1. The lowest BCUT2D eigenvalue weighted by molar-refractivity contribution is 0.610. The Morgan fingerprint density at radius 3 is 3.00 bits per heavy atom. The van der Waals surface area contributed by atoms with Crippen LogP contribution in [0.5, 0.6) is 0 Å². The molecule has 0 saturated carbocycles. The first kappa shape index (κ1) is 10.9. The van der Waals surface area contributed by atoms with Crippen LogP contribution in [0, 0.1) is 6.92 Å². The van der Waals surface area contributed by atoms with Crippen molar-refractivity contribution < 1.29 is 0 Å². The molecule has 2 nitrogen and oxygen atoms in total. The zero-order valence-corrected chi connectivity index (χ0v) is 8.96. The van der Waals surface area contributed by atoms with Gasteiger partial charge in [-0.2, -0.15) is 0 Å². The smallest absolute Gasteiger partial charge is 0.0507 e. The largest absolute Gasteiger partial charge is 0.307 e. The topological polar surface area (TPSA) is 24.9 Å². The molecule has 0 bridgehead atoms. The standard InChI is InChI=1S/C12H18N2/c1-4-7-14-12(5-2)11-6-8-13-9-10(11)3/h5-6,8-9,12,14H,2,4,7H2,1,3H3. The average molecular weight is 190 g/mol. The van der Waals surface area contributed by atoms with Gasteiger partial charge in [-0.3, -0.25) is 4.98 Å². The minimum Gasteiger partial charge on any atom is -0.307 e. The lowest BCUT2D eigenvalue weighted by Gasteiger charge is -2.16. The fourth-order valence-corrected chi connectivity index (χ4v) is 1.45. The molecular formula is C12H18N2. The Labute approximate surface area is 86.1 Å². The predicted molar refractivity (Wildman–Crippen MR) is 60.2 cm³/mol. The van der Waals surface area contributed by atoms with Gasteiger partial charge in [-0.1, -0.05) is 13.0 Å². The van der Waals surface area contributed by atoms with Crippen molar-refractivity contribution in [2.75, 3.05) is 6.54 Å². The third kappa shape index (κ3) is 2.67. The number of nitrogens with one attached hydrogen (secondary N) is 1. The lowest BCUT2D eigenvalue weighted by Crippen LogP contribution is -2.20. The molecule has 0 aliphatic carbocycles. The molecule has 1 heterocycles. The van der Waals surface area contributed by atoms with Crippen LogP contribution in [0.3, 0.4) is 0 Å². The number of hydrogen-bond donors (Lipinski definition) is 1. The normalized spacial score (nSPS) is 12.4. The molecule has 0 spiro atoms. The van der Waals surface area contributed by atoms with Gasteiger partial charge in [0.2, 0.25) is 0 Å². The van der Waals surface area contributed by atoms with E-state index in [9.17, 15) is 0 Å². The van der Waals surface area contributed by atoms with Crippen LogP contribution < -0.4 is 5.32 Å². The van der Waals surface area contributed by atoms with Gasteiger partial charge in [0.05, 0.1) is 6.04 Å². The minimum atomic E-state index is 0.248. The molecule has 14 heavy (non-hydrogen) atoms. The molecule has 0 fully saturated rings. The van der Waals surface area contributed by atoms with Crippen LogP contribution in [0.25, 0.3) is 0 Å². The van der Waals surface area contributed by atoms with E-state index in [0.717, 1.165) is 13.0 Å². The number of hydrogen-bond acceptors (Lipinski definition) is 2. The van der Waals surface area contributed by atoms with Crippen LogP contribution in [0.4, 0.5) is 0 Å². The maximum Gasteiger partial charge on any atom is 0.0507 e. The van der Waals surface area contributed by atoms with E-state index in [1.165, 1.54) is 11.1 Å². The molecule has 1 aromatic rings. The highest BCUT2D eigenvalue weighted by atomic mass is 14.9. The summed E-state index contributed by atoms with van der Waals surface area (Å²) in [6, 6.07) is 2.29. The first-order valence-electron chi connectivity index (χ1n) is 5.06. The summed E-state index contributed by atoms with van der Waals surface area (Å²) in [6.07, 6.45) is 6.79. The molecule has 1 unspecified atom stereocenters. The molecule has 1 atom stereocenters. The summed E-state index contributed by atoms with van der Waals surface area (Å²) < 4.78 is 0. The minimum absolute atomic E-state index is 0.248. The van der Waals surface area contributed by atoms with Gasteiger partial charge >= 0.3 is 0 Å². The van der Waals surface area contributed by atoms with E-state index in [0.29, 0.717) is 0 Å². The highest BCUT2D eigenvalue weighted by Gasteiger charge is 2.07. The van der Waals surface area contributed by atoms with Crippen molar-refractivity contribution in [2.24, 2.45) is 0 Å². The maximum absolute atomic E-state index is 4.08. The van der Waals surface area contributed by atoms with Gasteiger partial charge in [0.25, 0.3) is 0 Å². The lowest BCUT2D eigenvalue weighted by atomic mass is 10.0. The van der Waals surface area contributed by atoms with Gasteiger partial charge < -0.3 is 5.32 Å². The molecule has 0 radical (unpaired) electrons. The second-order valence-electron chi connectivity index (χ2n) is 3.40. The highest BCUT2D eigenvalue weighted by molar-refractivity contribution is 5.28. The van der Waals surface area contributed by atoms with E-state index < -0.39 is 0 Å². The average Bonchev–Trinajstić information content (AvgIpc) is 2.21. The second-order valence-corrected chi connectivity index (χ2v) is 3.40. The summed E-state index contributed by atoms with van der Waals surface area (Å²) in [7, 11) is 0. The van der Waals surface area contributed by atoms with Gasteiger partial charge in [0.15, 0.2) is 0 Å². The fourth-order valence-electron chi connectivity index (χ4n) is 1.45. The van der Waals surface area contributed by atoms with Crippen molar-refractivity contribution in [1.82, 2.24) is 10.3 Å². The van der Waals surface area contributed by atoms with Crippen molar-refractivity contribution in [3.05, 3.63) is 42.2 Å². The Balaban J connectivity index is 2.78. The van der Waals surface area contributed by atoms with Gasteiger partial charge in [0, 0.05) is 12.4 Å². The molecule has 2 heteroatoms. The summed E-state index contributed by atoms with van der Waals surface area (Å²) >= 11 is 0. The van der Waals surface area contributed by atoms with E-state index in [1.807, 2.05) is 24.5 Å². The molecule has 1 N–H and O–H groups in total. The van der Waals surface area contributed by atoms with Crippen LogP contribution in [0.1, 0.15) is 30.5 Å². The third-order valence-corrected chi connectivity index (χ3v) is 2.25. The van der Waals surface area contributed by atoms with E-state index in [2.05, 4.69) is 30.7 Å². The Hall–Kier alpha value is -1.15. The van der Waals surface area contributed by atoms with E-state index in [4.69, 9.17) is 0 Å². The molecule has 0 aliphatic rings. The zero-order valence-electron chi connectivity index (χ0n) is 8.96. The summed E-state index contributed by atoms with van der Waals surface area (Å²) in [6.45, 7) is 9.10. The molecule has 1 aromatic heterocycles. The molecule has 0 aromatic carbocycles. The van der Waals surface area contributed by atoms with Gasteiger partial charge in [-0.05, 0) is 37.1 Å². The molecule has 76 valence electrons. The molecule has 0 saturated heterocycles. The van der Waals surface area contributed by atoms with Gasteiger partial charge in [0.1, 0.15) is 0 Å². The summed E-state index contributed by atoms with van der Waals surface area (Å²) in [5, 5.41) is 3.43. The van der Waals surface area contributed by atoms with Crippen LogP contribution in [-0.2, 0) is 0 Å². The number of aromatic nitrogens is 1.